The van der Waals surface area contributed by atoms with Gasteiger partial charge in [0.05, 0.1) is 5.69 Å². The highest BCUT2D eigenvalue weighted by molar-refractivity contribution is 6.30. The molecule has 0 spiro atoms. The number of benzene rings is 1. The fourth-order valence-corrected chi connectivity index (χ4v) is 1.72. The molecule has 0 radical (unpaired) electrons. The van der Waals surface area contributed by atoms with Crippen LogP contribution in [0.15, 0.2) is 18.2 Å². The highest BCUT2D eigenvalue weighted by atomic mass is 35.5. The van der Waals surface area contributed by atoms with E-state index in [9.17, 15) is 18.8 Å². The van der Waals surface area contributed by atoms with Crippen LogP contribution in [-0.4, -0.2) is 41.5 Å². The number of hydrazine groups is 1. The van der Waals surface area contributed by atoms with Gasteiger partial charge in [-0.2, -0.15) is 0 Å². The Hall–Kier alpha value is -2.35. The summed E-state index contributed by atoms with van der Waals surface area (Å²) < 4.78 is 13.4. The number of nitrogens with one attached hydrogen (secondary N) is 2. The van der Waals surface area contributed by atoms with Crippen LogP contribution in [0.4, 0.5) is 19.7 Å². The number of hydrogen-bond donors (Lipinski definition) is 2. The van der Waals surface area contributed by atoms with Crippen LogP contribution in [-0.2, 0) is 4.79 Å². The molecule has 1 aromatic rings. The first kappa shape index (κ1) is 14.1. The van der Waals surface area contributed by atoms with Crippen LogP contribution in [0.5, 0.6) is 0 Å². The molecule has 20 heavy (non-hydrogen) atoms. The highest BCUT2D eigenvalue weighted by Crippen LogP contribution is 2.19. The topological polar surface area (TPSA) is 81.8 Å². The zero-order valence-corrected chi connectivity index (χ0v) is 11.1. The van der Waals surface area contributed by atoms with Gasteiger partial charge in [-0.3, -0.25) is 9.69 Å². The molecule has 1 saturated heterocycles. The smallest absolute Gasteiger partial charge is 0.304 e. The Balaban J connectivity index is 2.01. The lowest BCUT2D eigenvalue weighted by atomic mass is 10.3. The van der Waals surface area contributed by atoms with Crippen molar-refractivity contribution >= 4 is 35.3 Å². The lowest BCUT2D eigenvalue weighted by molar-refractivity contribution is -0.124. The number of urea groups is 2. The number of imide groups is 1. The van der Waals surface area contributed by atoms with Crippen LogP contribution >= 0.6 is 11.6 Å². The van der Waals surface area contributed by atoms with Crippen LogP contribution in [0.1, 0.15) is 0 Å². The second-order valence-electron chi connectivity index (χ2n) is 4.01. The predicted molar refractivity (Wildman–Crippen MR) is 68.4 cm³/mol. The van der Waals surface area contributed by atoms with Crippen LogP contribution < -0.4 is 10.7 Å². The van der Waals surface area contributed by atoms with Crippen molar-refractivity contribution in [1.82, 2.24) is 15.3 Å². The van der Waals surface area contributed by atoms with Gasteiger partial charge in [0.15, 0.2) is 0 Å². The van der Waals surface area contributed by atoms with Crippen LogP contribution in [0.2, 0.25) is 5.02 Å². The van der Waals surface area contributed by atoms with Crippen molar-refractivity contribution in [1.29, 1.82) is 0 Å². The van der Waals surface area contributed by atoms with Gasteiger partial charge in [0, 0.05) is 12.1 Å². The normalized spacial score (nSPS) is 14.8. The molecule has 0 aliphatic carbocycles. The Kier molecular flexibility index (Phi) is 3.75. The minimum absolute atomic E-state index is 0.138. The van der Waals surface area contributed by atoms with Crippen LogP contribution in [0.25, 0.3) is 0 Å². The SMILES string of the molecule is CN1C(=O)CN(NC(=O)Nc2cc(Cl)ccc2F)C1=O. The number of hydrogen-bond acceptors (Lipinski definition) is 3. The monoisotopic (exact) mass is 300 g/mol. The summed E-state index contributed by atoms with van der Waals surface area (Å²) in [5, 5.41) is 3.26. The Morgan fingerprint density at radius 1 is 1.40 bits per heavy atom. The number of likely N-dealkylation sites (N-methyl/N-ethyl adjacent to an activating group) is 1. The van der Waals surface area contributed by atoms with Crippen LogP contribution in [0.3, 0.4) is 0 Å². The highest BCUT2D eigenvalue weighted by Gasteiger charge is 2.34. The average Bonchev–Trinajstić information content (AvgIpc) is 2.61. The largest absolute Gasteiger partial charge is 0.345 e. The molecule has 1 fully saturated rings. The summed E-state index contributed by atoms with van der Waals surface area (Å²) in [6.45, 7) is -0.277. The predicted octanol–water partition coefficient (Wildman–Crippen LogP) is 1.41. The fourth-order valence-electron chi connectivity index (χ4n) is 1.55. The molecule has 9 heteroatoms. The van der Waals surface area contributed by atoms with E-state index in [1.54, 1.807) is 0 Å². The summed E-state index contributed by atoms with van der Waals surface area (Å²) in [6, 6.07) is 2.12. The number of halogens is 2. The molecule has 0 bridgehead atoms. The van der Waals surface area contributed by atoms with Gasteiger partial charge in [-0.15, -0.1) is 0 Å². The van der Waals surface area contributed by atoms with E-state index < -0.39 is 23.8 Å². The molecule has 1 heterocycles. The average molecular weight is 301 g/mol. The molecular weight excluding hydrogens is 291 g/mol. The van der Waals surface area contributed by atoms with E-state index in [4.69, 9.17) is 11.6 Å². The lowest BCUT2D eigenvalue weighted by Gasteiger charge is -2.16. The summed E-state index contributed by atoms with van der Waals surface area (Å²) in [7, 11) is 1.29. The summed E-state index contributed by atoms with van der Waals surface area (Å²) >= 11 is 5.68. The van der Waals surface area contributed by atoms with Gasteiger partial charge in [-0.25, -0.2) is 24.4 Å². The molecule has 1 aliphatic rings. The molecule has 1 aliphatic heterocycles. The summed E-state index contributed by atoms with van der Waals surface area (Å²) in [6.07, 6.45) is 0. The molecule has 106 valence electrons. The van der Waals surface area contributed by atoms with E-state index in [1.165, 1.54) is 19.2 Å². The molecule has 0 aromatic heterocycles. The number of anilines is 1. The lowest BCUT2D eigenvalue weighted by Crippen LogP contribution is -2.46. The first-order valence-electron chi connectivity index (χ1n) is 5.49. The molecule has 5 amide bonds. The van der Waals surface area contributed by atoms with Gasteiger partial charge in [-0.1, -0.05) is 11.6 Å². The number of amides is 5. The molecule has 1 aromatic carbocycles. The zero-order chi connectivity index (χ0) is 14.9. The third kappa shape index (κ3) is 2.80. The third-order valence-electron chi connectivity index (χ3n) is 2.60. The van der Waals surface area contributed by atoms with Crippen molar-refractivity contribution < 1.29 is 18.8 Å². The van der Waals surface area contributed by atoms with E-state index in [1.807, 2.05) is 0 Å². The molecular formula is C11H10ClFN4O3. The quantitative estimate of drug-likeness (QED) is 0.810. The first-order valence-corrected chi connectivity index (χ1v) is 5.87. The Morgan fingerprint density at radius 2 is 2.10 bits per heavy atom. The van der Waals surface area contributed by atoms with E-state index in [-0.39, 0.29) is 17.3 Å². The van der Waals surface area contributed by atoms with Gasteiger partial charge in [0.2, 0.25) is 0 Å². The van der Waals surface area contributed by atoms with Crippen molar-refractivity contribution in [3.63, 3.8) is 0 Å². The Labute approximate surface area is 118 Å². The Morgan fingerprint density at radius 3 is 2.70 bits per heavy atom. The maximum Gasteiger partial charge on any atom is 0.345 e. The number of carbonyl (C=O) groups excluding carboxylic acids is 3. The zero-order valence-electron chi connectivity index (χ0n) is 10.3. The van der Waals surface area contributed by atoms with Crippen molar-refractivity contribution in [3.8, 4) is 0 Å². The number of nitrogens with zero attached hydrogens (tertiary/aromatic N) is 2. The molecule has 0 unspecified atom stereocenters. The molecule has 2 N–H and O–H groups in total. The fraction of sp³-hybridized carbons (Fsp3) is 0.182. The minimum Gasteiger partial charge on any atom is -0.304 e. The summed E-state index contributed by atoms with van der Waals surface area (Å²) in [5.41, 5.74) is 2.01. The number of carbonyl (C=O) groups is 3. The minimum atomic E-state index is -0.859. The second kappa shape index (κ2) is 5.33. The van der Waals surface area contributed by atoms with Gasteiger partial charge < -0.3 is 5.32 Å². The molecule has 2 rings (SSSR count). The van der Waals surface area contributed by atoms with Crippen molar-refractivity contribution in [2.75, 3.05) is 18.9 Å². The van der Waals surface area contributed by atoms with Crippen molar-refractivity contribution in [2.24, 2.45) is 0 Å². The van der Waals surface area contributed by atoms with Gasteiger partial charge >= 0.3 is 12.1 Å². The standard InChI is InChI=1S/C11H10ClFN4O3/c1-16-9(18)5-17(11(16)20)15-10(19)14-8-4-6(12)2-3-7(8)13/h2-4H,5H2,1H3,(H2,14,15,19). The van der Waals surface area contributed by atoms with E-state index in [0.717, 1.165) is 16.0 Å². The summed E-state index contributed by atoms with van der Waals surface area (Å²) in [4.78, 5) is 35.3. The van der Waals surface area contributed by atoms with Crippen molar-refractivity contribution in [2.45, 2.75) is 0 Å². The molecule has 0 saturated carbocycles. The molecule has 0 atom stereocenters. The second-order valence-corrected chi connectivity index (χ2v) is 4.45. The number of rotatable bonds is 2. The molecule has 7 nitrogen and oxygen atoms in total. The maximum atomic E-state index is 13.4. The first-order chi connectivity index (χ1) is 9.38. The van der Waals surface area contributed by atoms with E-state index in [0.29, 0.717) is 0 Å². The van der Waals surface area contributed by atoms with Gasteiger partial charge in [-0.05, 0) is 18.2 Å². The van der Waals surface area contributed by atoms with E-state index in [2.05, 4.69) is 10.7 Å². The van der Waals surface area contributed by atoms with Crippen molar-refractivity contribution in [3.05, 3.63) is 29.0 Å². The van der Waals surface area contributed by atoms with Gasteiger partial charge in [0.25, 0.3) is 5.91 Å². The summed E-state index contributed by atoms with van der Waals surface area (Å²) in [5.74, 6) is -1.13. The van der Waals surface area contributed by atoms with Gasteiger partial charge in [0.1, 0.15) is 12.4 Å². The maximum absolute atomic E-state index is 13.4. The van der Waals surface area contributed by atoms with E-state index >= 15 is 0 Å². The Bertz CT molecular complexity index is 595. The third-order valence-corrected chi connectivity index (χ3v) is 2.83. The van der Waals surface area contributed by atoms with Crippen LogP contribution in [0, 0.1) is 5.82 Å².